The predicted molar refractivity (Wildman–Crippen MR) is 114 cm³/mol. The smallest absolute Gasteiger partial charge is 0.257 e. The molecule has 3 aromatic carbocycles. The number of nitrogens with zero attached hydrogens (tertiary/aromatic N) is 1. The van der Waals surface area contributed by atoms with Crippen molar-refractivity contribution in [2.24, 2.45) is 0 Å². The maximum absolute atomic E-state index is 12.5. The number of imidazole rings is 1. The van der Waals surface area contributed by atoms with Gasteiger partial charge in [0.25, 0.3) is 5.91 Å². The number of ether oxygens (including phenoxy) is 1. The standard InChI is InChI=1S/C24H21N3O2/c1-29-20-14-12-18(13-15-20)22-21(16-17-8-4-2-5-9-17)25-24(26-22)27-23(28)19-10-6-3-7-11-19/h2-15H,16H2,1H3,(H2,25,26,27,28). The molecule has 1 aromatic heterocycles. The van der Waals surface area contributed by atoms with Gasteiger partial charge in [-0.15, -0.1) is 0 Å². The molecule has 4 rings (SSSR count). The Morgan fingerprint density at radius 3 is 2.24 bits per heavy atom. The van der Waals surface area contributed by atoms with Gasteiger partial charge in [-0.1, -0.05) is 48.5 Å². The van der Waals surface area contributed by atoms with E-state index < -0.39 is 0 Å². The van der Waals surface area contributed by atoms with E-state index in [9.17, 15) is 4.79 Å². The fourth-order valence-electron chi connectivity index (χ4n) is 3.15. The molecular formula is C24H21N3O2. The normalized spacial score (nSPS) is 10.5. The zero-order valence-corrected chi connectivity index (χ0v) is 16.1. The van der Waals surface area contributed by atoms with E-state index in [1.807, 2.05) is 60.7 Å². The quantitative estimate of drug-likeness (QED) is 0.496. The second-order valence-electron chi connectivity index (χ2n) is 6.62. The van der Waals surface area contributed by atoms with Crippen molar-refractivity contribution < 1.29 is 9.53 Å². The SMILES string of the molecule is COc1ccc(-c2nc(NC(=O)c3ccccc3)[nH]c2Cc2ccccc2)cc1. The number of hydrogen-bond donors (Lipinski definition) is 2. The van der Waals surface area contributed by atoms with E-state index in [0.717, 1.165) is 28.3 Å². The Kier molecular flexibility index (Phi) is 5.38. The summed E-state index contributed by atoms with van der Waals surface area (Å²) in [5.74, 6) is 1.01. The van der Waals surface area contributed by atoms with Crippen LogP contribution in [-0.4, -0.2) is 23.0 Å². The van der Waals surface area contributed by atoms with Crippen molar-refractivity contribution in [2.75, 3.05) is 12.4 Å². The minimum atomic E-state index is -0.202. The Morgan fingerprint density at radius 1 is 0.931 bits per heavy atom. The summed E-state index contributed by atoms with van der Waals surface area (Å²) in [5, 5.41) is 2.87. The highest BCUT2D eigenvalue weighted by Gasteiger charge is 2.15. The van der Waals surface area contributed by atoms with Crippen LogP contribution in [0, 0.1) is 0 Å². The van der Waals surface area contributed by atoms with Crippen molar-refractivity contribution in [1.29, 1.82) is 0 Å². The highest BCUT2D eigenvalue weighted by Crippen LogP contribution is 2.27. The average molecular weight is 383 g/mol. The van der Waals surface area contributed by atoms with Crippen molar-refractivity contribution in [3.05, 3.63) is 102 Å². The third kappa shape index (κ3) is 4.35. The molecule has 0 fully saturated rings. The fraction of sp³-hybridized carbons (Fsp3) is 0.0833. The number of nitrogens with one attached hydrogen (secondary N) is 2. The highest BCUT2D eigenvalue weighted by molar-refractivity contribution is 6.03. The minimum Gasteiger partial charge on any atom is -0.497 e. The van der Waals surface area contributed by atoms with Crippen LogP contribution in [0.2, 0.25) is 0 Å². The molecule has 29 heavy (non-hydrogen) atoms. The number of carbonyl (C=O) groups is 1. The zero-order chi connectivity index (χ0) is 20.1. The van der Waals surface area contributed by atoms with Gasteiger partial charge in [0.2, 0.25) is 5.95 Å². The third-order valence-electron chi connectivity index (χ3n) is 4.63. The lowest BCUT2D eigenvalue weighted by atomic mass is 10.0. The van der Waals surface area contributed by atoms with E-state index in [4.69, 9.17) is 4.74 Å². The maximum Gasteiger partial charge on any atom is 0.257 e. The molecule has 0 bridgehead atoms. The van der Waals surface area contributed by atoms with E-state index in [0.29, 0.717) is 17.9 Å². The lowest BCUT2D eigenvalue weighted by Gasteiger charge is -2.04. The minimum absolute atomic E-state index is 0.202. The van der Waals surface area contributed by atoms with Gasteiger partial charge in [-0.2, -0.15) is 0 Å². The molecule has 0 saturated heterocycles. The number of H-pyrrole nitrogens is 1. The Bertz CT molecular complexity index is 1090. The molecule has 0 unspecified atom stereocenters. The number of methoxy groups -OCH3 is 1. The van der Waals surface area contributed by atoms with Crippen molar-refractivity contribution in [1.82, 2.24) is 9.97 Å². The topological polar surface area (TPSA) is 67.0 Å². The van der Waals surface area contributed by atoms with Gasteiger partial charge in [0.1, 0.15) is 5.75 Å². The Morgan fingerprint density at radius 2 is 1.59 bits per heavy atom. The number of amides is 1. The number of benzene rings is 3. The van der Waals surface area contributed by atoms with Gasteiger partial charge < -0.3 is 9.72 Å². The molecule has 144 valence electrons. The number of carbonyl (C=O) groups excluding carboxylic acids is 1. The number of aromatic nitrogens is 2. The van der Waals surface area contributed by atoms with Crippen LogP contribution in [0.25, 0.3) is 11.3 Å². The van der Waals surface area contributed by atoms with Crippen LogP contribution in [0.3, 0.4) is 0 Å². The van der Waals surface area contributed by atoms with Crippen LogP contribution in [0.4, 0.5) is 5.95 Å². The zero-order valence-electron chi connectivity index (χ0n) is 16.1. The Hall–Kier alpha value is -3.86. The van der Waals surface area contributed by atoms with Crippen LogP contribution in [0.1, 0.15) is 21.6 Å². The molecule has 4 aromatic rings. The third-order valence-corrected chi connectivity index (χ3v) is 4.63. The molecule has 5 nitrogen and oxygen atoms in total. The second-order valence-corrected chi connectivity index (χ2v) is 6.62. The molecule has 2 N–H and O–H groups in total. The molecule has 0 aliphatic carbocycles. The first kappa shape index (κ1) is 18.5. The first-order valence-corrected chi connectivity index (χ1v) is 9.36. The van der Waals surface area contributed by atoms with E-state index >= 15 is 0 Å². The van der Waals surface area contributed by atoms with E-state index in [1.54, 1.807) is 19.2 Å². The number of anilines is 1. The van der Waals surface area contributed by atoms with Crippen LogP contribution in [-0.2, 0) is 6.42 Å². The van der Waals surface area contributed by atoms with Gasteiger partial charge in [-0.25, -0.2) is 4.98 Å². The van der Waals surface area contributed by atoms with E-state index in [2.05, 4.69) is 27.4 Å². The largest absolute Gasteiger partial charge is 0.497 e. The molecule has 5 heteroatoms. The number of hydrogen-bond acceptors (Lipinski definition) is 3. The van der Waals surface area contributed by atoms with Crippen LogP contribution in [0.5, 0.6) is 5.75 Å². The second kappa shape index (κ2) is 8.44. The predicted octanol–water partition coefficient (Wildman–Crippen LogP) is 4.93. The Balaban J connectivity index is 1.66. The summed E-state index contributed by atoms with van der Waals surface area (Å²) in [4.78, 5) is 20.5. The molecule has 0 aliphatic rings. The van der Waals surface area contributed by atoms with Crippen molar-refractivity contribution in [3.63, 3.8) is 0 Å². The monoisotopic (exact) mass is 383 g/mol. The molecule has 1 heterocycles. The van der Waals surface area contributed by atoms with Crippen molar-refractivity contribution in [2.45, 2.75) is 6.42 Å². The van der Waals surface area contributed by atoms with Gasteiger partial charge in [-0.3, -0.25) is 10.1 Å². The molecule has 0 atom stereocenters. The van der Waals surface area contributed by atoms with Crippen LogP contribution >= 0.6 is 0 Å². The first-order valence-electron chi connectivity index (χ1n) is 9.36. The number of rotatable bonds is 6. The van der Waals surface area contributed by atoms with E-state index in [-0.39, 0.29) is 5.91 Å². The Labute approximate surface area is 169 Å². The summed E-state index contributed by atoms with van der Waals surface area (Å²) in [6.45, 7) is 0. The van der Waals surface area contributed by atoms with Crippen LogP contribution < -0.4 is 10.1 Å². The summed E-state index contributed by atoms with van der Waals surface area (Å²) in [7, 11) is 1.64. The molecule has 0 spiro atoms. The first-order chi connectivity index (χ1) is 14.2. The van der Waals surface area contributed by atoms with Gasteiger partial charge in [-0.05, 0) is 42.0 Å². The summed E-state index contributed by atoms with van der Waals surface area (Å²) in [6, 6.07) is 27.0. The van der Waals surface area contributed by atoms with E-state index in [1.165, 1.54) is 0 Å². The summed E-state index contributed by atoms with van der Waals surface area (Å²) in [6.07, 6.45) is 0.677. The maximum atomic E-state index is 12.5. The fourth-order valence-corrected chi connectivity index (χ4v) is 3.15. The van der Waals surface area contributed by atoms with Gasteiger partial charge in [0.05, 0.1) is 12.8 Å². The average Bonchev–Trinajstić information content (AvgIpc) is 3.17. The van der Waals surface area contributed by atoms with Crippen molar-refractivity contribution >= 4 is 11.9 Å². The molecule has 0 saturated carbocycles. The lowest BCUT2D eigenvalue weighted by Crippen LogP contribution is -2.12. The summed E-state index contributed by atoms with van der Waals surface area (Å²) >= 11 is 0. The van der Waals surface area contributed by atoms with Gasteiger partial charge in [0.15, 0.2) is 0 Å². The molecular weight excluding hydrogens is 362 g/mol. The highest BCUT2D eigenvalue weighted by atomic mass is 16.5. The lowest BCUT2D eigenvalue weighted by molar-refractivity contribution is 0.102. The van der Waals surface area contributed by atoms with Gasteiger partial charge in [0, 0.05) is 23.2 Å². The summed E-state index contributed by atoms with van der Waals surface area (Å²) < 4.78 is 5.25. The number of aromatic amines is 1. The van der Waals surface area contributed by atoms with Crippen LogP contribution in [0.15, 0.2) is 84.9 Å². The van der Waals surface area contributed by atoms with Crippen molar-refractivity contribution in [3.8, 4) is 17.0 Å². The molecule has 0 radical (unpaired) electrons. The van der Waals surface area contributed by atoms with Gasteiger partial charge >= 0.3 is 0 Å². The summed E-state index contributed by atoms with van der Waals surface area (Å²) in [5.41, 5.74) is 4.43. The molecule has 0 aliphatic heterocycles. The molecule has 1 amide bonds.